The van der Waals surface area contributed by atoms with Crippen LogP contribution in [0.1, 0.15) is 64.5 Å². The lowest BCUT2D eigenvalue weighted by molar-refractivity contribution is 0.354. The smallest absolute Gasteiger partial charge is 0.130 e. The van der Waals surface area contributed by atoms with E-state index in [9.17, 15) is 0 Å². The normalized spacial score (nSPS) is 13.4. The van der Waals surface area contributed by atoms with Gasteiger partial charge in [0.25, 0.3) is 0 Å². The third kappa shape index (κ3) is 6.53. The molecule has 0 amide bonds. The highest BCUT2D eigenvalue weighted by Gasteiger charge is 2.11. The fourth-order valence-electron chi connectivity index (χ4n) is 3.31. The maximum absolute atomic E-state index is 4.49. The number of aryl methyl sites for hydroxylation is 2. The van der Waals surface area contributed by atoms with E-state index < -0.39 is 0 Å². The predicted molar refractivity (Wildman–Crippen MR) is 110 cm³/mol. The van der Waals surface area contributed by atoms with E-state index >= 15 is 0 Å². The summed E-state index contributed by atoms with van der Waals surface area (Å²) in [7, 11) is 0. The number of rotatable bonds is 10. The molecular weight excluding hydrogens is 304 g/mol. The number of nitrogens with one attached hydrogen (secondary N) is 1. The highest BCUT2D eigenvalue weighted by Crippen LogP contribution is 2.24. The van der Waals surface area contributed by atoms with E-state index in [-0.39, 0.29) is 0 Å². The average Bonchev–Trinajstić information content (AvgIpc) is 2.65. The van der Waals surface area contributed by atoms with Crippen LogP contribution >= 0.6 is 0 Å². The molecule has 1 N–H and O–H groups in total. The number of pyridine rings is 1. The number of aromatic nitrogens is 1. The van der Waals surface area contributed by atoms with E-state index in [4.69, 9.17) is 0 Å². The van der Waals surface area contributed by atoms with Crippen LogP contribution in [0.2, 0.25) is 0 Å². The summed E-state index contributed by atoms with van der Waals surface area (Å²) in [6.45, 7) is 9.18. The lowest BCUT2D eigenvalue weighted by Gasteiger charge is -2.18. The molecule has 2 heteroatoms. The zero-order chi connectivity index (χ0) is 18.1. The van der Waals surface area contributed by atoms with Crippen molar-refractivity contribution in [3.8, 4) is 0 Å². The molecule has 0 saturated heterocycles. The summed E-state index contributed by atoms with van der Waals surface area (Å²) in [5, 5.41) is 3.45. The fourth-order valence-corrected chi connectivity index (χ4v) is 3.31. The molecular formula is C23H34N2. The van der Waals surface area contributed by atoms with Crippen LogP contribution in [0.15, 0.2) is 42.6 Å². The predicted octanol–water partition coefficient (Wildman–Crippen LogP) is 6.78. The quantitative estimate of drug-likeness (QED) is 0.516. The second-order valence-electron chi connectivity index (χ2n) is 7.29. The lowest BCUT2D eigenvalue weighted by Crippen LogP contribution is -2.07. The molecule has 0 saturated carbocycles. The van der Waals surface area contributed by atoms with Crippen molar-refractivity contribution >= 4 is 11.5 Å². The topological polar surface area (TPSA) is 24.9 Å². The molecule has 0 spiro atoms. The number of benzene rings is 1. The van der Waals surface area contributed by atoms with E-state index in [1.807, 2.05) is 6.20 Å². The minimum atomic E-state index is 0.834. The van der Waals surface area contributed by atoms with E-state index in [1.54, 1.807) is 0 Å². The van der Waals surface area contributed by atoms with Gasteiger partial charge in [0, 0.05) is 11.9 Å². The van der Waals surface area contributed by atoms with Crippen LogP contribution in [0.25, 0.3) is 0 Å². The molecule has 0 bridgehead atoms. The van der Waals surface area contributed by atoms with Crippen LogP contribution in [0.5, 0.6) is 0 Å². The van der Waals surface area contributed by atoms with Crippen molar-refractivity contribution in [3.05, 3.63) is 53.7 Å². The molecule has 0 aliphatic carbocycles. The molecule has 1 aromatic heterocycles. The molecule has 0 fully saturated rings. The van der Waals surface area contributed by atoms with Gasteiger partial charge in [-0.3, -0.25) is 0 Å². The van der Waals surface area contributed by atoms with Crippen molar-refractivity contribution < 1.29 is 0 Å². The SMILES string of the molecule is CCc1cccc(Nc2cc(CCC(CC)CC(C)CC)ccn2)c1. The monoisotopic (exact) mass is 338 g/mol. The fraction of sp³-hybridized carbons (Fsp3) is 0.522. The van der Waals surface area contributed by atoms with Gasteiger partial charge >= 0.3 is 0 Å². The maximum Gasteiger partial charge on any atom is 0.130 e. The lowest BCUT2D eigenvalue weighted by atomic mass is 9.88. The summed E-state index contributed by atoms with van der Waals surface area (Å²) in [4.78, 5) is 4.49. The molecule has 25 heavy (non-hydrogen) atoms. The second kappa shape index (κ2) is 10.2. The van der Waals surface area contributed by atoms with Gasteiger partial charge in [0.15, 0.2) is 0 Å². The van der Waals surface area contributed by atoms with Crippen molar-refractivity contribution in [1.29, 1.82) is 0 Å². The minimum absolute atomic E-state index is 0.834. The van der Waals surface area contributed by atoms with Crippen molar-refractivity contribution in [2.24, 2.45) is 11.8 Å². The summed E-state index contributed by atoms with van der Waals surface area (Å²) in [5.74, 6) is 2.62. The first kappa shape index (κ1) is 19.5. The number of nitrogens with zero attached hydrogens (tertiary/aromatic N) is 1. The Morgan fingerprint density at radius 2 is 1.84 bits per heavy atom. The molecule has 0 aliphatic heterocycles. The van der Waals surface area contributed by atoms with E-state index in [0.29, 0.717) is 0 Å². The Balaban J connectivity index is 1.96. The second-order valence-corrected chi connectivity index (χ2v) is 7.29. The molecule has 136 valence electrons. The van der Waals surface area contributed by atoms with Gasteiger partial charge in [-0.25, -0.2) is 4.98 Å². The zero-order valence-corrected chi connectivity index (χ0v) is 16.4. The zero-order valence-electron chi connectivity index (χ0n) is 16.4. The Labute approximate surface area is 154 Å². The molecule has 1 heterocycles. The standard InChI is InChI=1S/C23H34N2/c1-5-18(4)15-20(7-3)11-12-21-13-14-24-23(17-21)25-22-10-8-9-19(6-2)16-22/h8-10,13-14,16-18,20H,5-7,11-12,15H2,1-4H3,(H,24,25). The van der Waals surface area contributed by atoms with Crippen molar-refractivity contribution in [3.63, 3.8) is 0 Å². The molecule has 2 atom stereocenters. The third-order valence-electron chi connectivity index (χ3n) is 5.28. The summed E-state index contributed by atoms with van der Waals surface area (Å²) >= 11 is 0. The molecule has 2 aromatic rings. The van der Waals surface area contributed by atoms with E-state index in [0.717, 1.165) is 36.2 Å². The van der Waals surface area contributed by atoms with Gasteiger partial charge in [-0.2, -0.15) is 0 Å². The molecule has 0 aliphatic rings. The van der Waals surface area contributed by atoms with E-state index in [1.165, 1.54) is 36.8 Å². The Morgan fingerprint density at radius 3 is 2.56 bits per heavy atom. The Bertz CT molecular complexity index is 635. The van der Waals surface area contributed by atoms with Crippen LogP contribution in [0.4, 0.5) is 11.5 Å². The van der Waals surface area contributed by atoms with Gasteiger partial charge in [0.2, 0.25) is 0 Å². The molecule has 0 radical (unpaired) electrons. The number of hydrogen-bond donors (Lipinski definition) is 1. The first-order valence-electron chi connectivity index (χ1n) is 9.95. The van der Waals surface area contributed by atoms with Crippen molar-refractivity contribution in [1.82, 2.24) is 4.98 Å². The van der Waals surface area contributed by atoms with Crippen LogP contribution in [-0.2, 0) is 12.8 Å². The van der Waals surface area contributed by atoms with Gasteiger partial charge in [-0.1, -0.05) is 52.7 Å². The summed E-state index contributed by atoms with van der Waals surface area (Å²) in [6, 6.07) is 12.9. The van der Waals surface area contributed by atoms with Crippen LogP contribution < -0.4 is 5.32 Å². The van der Waals surface area contributed by atoms with Crippen LogP contribution in [0, 0.1) is 11.8 Å². The van der Waals surface area contributed by atoms with Gasteiger partial charge in [-0.15, -0.1) is 0 Å². The Hall–Kier alpha value is -1.83. The van der Waals surface area contributed by atoms with Crippen molar-refractivity contribution in [2.75, 3.05) is 5.32 Å². The third-order valence-corrected chi connectivity index (χ3v) is 5.28. The average molecular weight is 339 g/mol. The van der Waals surface area contributed by atoms with Crippen LogP contribution in [0.3, 0.4) is 0 Å². The van der Waals surface area contributed by atoms with Gasteiger partial charge in [-0.05, 0) is 72.9 Å². The van der Waals surface area contributed by atoms with Crippen LogP contribution in [-0.4, -0.2) is 4.98 Å². The first-order valence-corrected chi connectivity index (χ1v) is 9.95. The molecule has 2 rings (SSSR count). The van der Waals surface area contributed by atoms with Crippen molar-refractivity contribution in [2.45, 2.75) is 66.2 Å². The summed E-state index contributed by atoms with van der Waals surface area (Å²) in [5.41, 5.74) is 3.84. The number of anilines is 2. The van der Waals surface area contributed by atoms with Gasteiger partial charge < -0.3 is 5.32 Å². The van der Waals surface area contributed by atoms with Gasteiger partial charge in [0.1, 0.15) is 5.82 Å². The molecule has 2 nitrogen and oxygen atoms in total. The first-order chi connectivity index (χ1) is 12.1. The summed E-state index contributed by atoms with van der Waals surface area (Å²) < 4.78 is 0. The Morgan fingerprint density at radius 1 is 1.00 bits per heavy atom. The highest BCUT2D eigenvalue weighted by atomic mass is 15.0. The molecule has 2 unspecified atom stereocenters. The largest absolute Gasteiger partial charge is 0.340 e. The van der Waals surface area contributed by atoms with Gasteiger partial charge in [0.05, 0.1) is 0 Å². The highest BCUT2D eigenvalue weighted by molar-refractivity contribution is 5.57. The van der Waals surface area contributed by atoms with E-state index in [2.05, 4.69) is 74.4 Å². The number of hydrogen-bond acceptors (Lipinski definition) is 2. The molecule has 1 aromatic carbocycles. The Kier molecular flexibility index (Phi) is 7.97. The summed E-state index contributed by atoms with van der Waals surface area (Å²) in [6.07, 6.45) is 9.32. The maximum atomic E-state index is 4.49. The minimum Gasteiger partial charge on any atom is -0.340 e.